The fourth-order valence-corrected chi connectivity index (χ4v) is 7.22. The molecule has 3 aromatic heterocycles. The van der Waals surface area contributed by atoms with Gasteiger partial charge in [-0.05, 0) is 61.2 Å². The summed E-state index contributed by atoms with van der Waals surface area (Å²) in [5.74, 6) is 0.800. The van der Waals surface area contributed by atoms with E-state index in [-0.39, 0.29) is 15.7 Å². The van der Waals surface area contributed by atoms with Gasteiger partial charge in [0.25, 0.3) is 10.0 Å². The summed E-state index contributed by atoms with van der Waals surface area (Å²) >= 11 is 6.14. The van der Waals surface area contributed by atoms with Crippen LogP contribution in [0.4, 0.5) is 11.8 Å². The number of ether oxygens (including phenoxy) is 1. The highest BCUT2D eigenvalue weighted by Crippen LogP contribution is 2.47. The third-order valence-corrected chi connectivity index (χ3v) is 9.60. The second kappa shape index (κ2) is 9.39. The molecular formula is C28H26ClN7O3S. The van der Waals surface area contributed by atoms with Crippen molar-refractivity contribution in [3.63, 3.8) is 0 Å². The van der Waals surface area contributed by atoms with E-state index in [1.807, 2.05) is 18.3 Å². The number of fused-ring (bicyclic) bond motifs is 2. The maximum atomic E-state index is 13.1. The zero-order valence-corrected chi connectivity index (χ0v) is 23.2. The SMILES string of the molecule is CCc1cc(-c2ccc3c(NS(=O)(=O)c4ccccc4Cl)ncnn23)cc2cnc(NC3CC4(COC4)C3)nc12. The number of halogens is 1. The normalized spacial score (nSPS) is 16.6. The quantitative estimate of drug-likeness (QED) is 0.279. The van der Waals surface area contributed by atoms with Crippen LogP contribution >= 0.6 is 11.6 Å². The molecule has 10 nitrogen and oxygen atoms in total. The molecule has 1 saturated carbocycles. The summed E-state index contributed by atoms with van der Waals surface area (Å²) in [5, 5.41) is 8.95. The van der Waals surface area contributed by atoms with Crippen molar-refractivity contribution >= 4 is 49.8 Å². The zero-order chi connectivity index (χ0) is 27.5. The van der Waals surface area contributed by atoms with Gasteiger partial charge in [-0.2, -0.15) is 5.10 Å². The monoisotopic (exact) mass is 575 g/mol. The highest BCUT2D eigenvalue weighted by molar-refractivity contribution is 7.92. The van der Waals surface area contributed by atoms with Gasteiger partial charge >= 0.3 is 0 Å². The molecule has 12 heteroatoms. The van der Waals surface area contributed by atoms with Gasteiger partial charge in [0.15, 0.2) is 5.82 Å². The molecule has 5 aromatic rings. The van der Waals surface area contributed by atoms with Gasteiger partial charge < -0.3 is 10.1 Å². The maximum Gasteiger partial charge on any atom is 0.264 e. The van der Waals surface area contributed by atoms with E-state index in [4.69, 9.17) is 21.3 Å². The van der Waals surface area contributed by atoms with Crippen molar-refractivity contribution in [3.8, 4) is 11.3 Å². The second-order valence-electron chi connectivity index (χ2n) is 10.5. The van der Waals surface area contributed by atoms with Crippen LogP contribution in [0.15, 0.2) is 66.0 Å². The van der Waals surface area contributed by atoms with E-state index in [2.05, 4.69) is 38.1 Å². The molecule has 0 amide bonds. The van der Waals surface area contributed by atoms with Gasteiger partial charge in [-0.15, -0.1) is 0 Å². The lowest BCUT2D eigenvalue weighted by molar-refractivity contribution is -0.159. The van der Waals surface area contributed by atoms with Gasteiger partial charge in [-0.25, -0.2) is 27.9 Å². The molecule has 7 rings (SSSR count). The summed E-state index contributed by atoms with van der Waals surface area (Å²) in [6, 6.07) is 14.5. The Morgan fingerprint density at radius 2 is 1.95 bits per heavy atom. The van der Waals surface area contributed by atoms with Crippen molar-refractivity contribution in [2.75, 3.05) is 23.3 Å². The van der Waals surface area contributed by atoms with E-state index < -0.39 is 10.0 Å². The van der Waals surface area contributed by atoms with Crippen LogP contribution < -0.4 is 10.0 Å². The van der Waals surface area contributed by atoms with E-state index in [1.165, 1.54) is 18.5 Å². The number of sulfonamides is 1. The van der Waals surface area contributed by atoms with E-state index in [1.54, 1.807) is 22.7 Å². The zero-order valence-electron chi connectivity index (χ0n) is 21.6. The number of benzene rings is 2. The molecule has 2 N–H and O–H groups in total. The van der Waals surface area contributed by atoms with E-state index >= 15 is 0 Å². The molecule has 1 saturated heterocycles. The number of nitrogens with one attached hydrogen (secondary N) is 2. The van der Waals surface area contributed by atoms with Crippen molar-refractivity contribution in [2.45, 2.75) is 37.1 Å². The number of aromatic nitrogens is 5. The average molecular weight is 576 g/mol. The number of nitrogens with zero attached hydrogens (tertiary/aromatic N) is 5. The highest BCUT2D eigenvalue weighted by Gasteiger charge is 2.49. The number of hydrogen-bond donors (Lipinski definition) is 2. The Kier molecular flexibility index (Phi) is 5.92. The minimum atomic E-state index is -3.96. The Balaban J connectivity index is 1.21. The molecular weight excluding hydrogens is 550 g/mol. The first-order valence-electron chi connectivity index (χ1n) is 13.1. The van der Waals surface area contributed by atoms with Crippen molar-refractivity contribution in [1.82, 2.24) is 24.6 Å². The van der Waals surface area contributed by atoms with Gasteiger partial charge in [-0.3, -0.25) is 4.72 Å². The minimum absolute atomic E-state index is 0.0231. The molecule has 2 aliphatic rings. The van der Waals surface area contributed by atoms with E-state index in [0.29, 0.717) is 22.9 Å². The molecule has 1 aliphatic heterocycles. The van der Waals surface area contributed by atoms with E-state index in [0.717, 1.165) is 60.2 Å². The Hall–Kier alpha value is -3.80. The number of anilines is 2. The molecule has 1 aliphatic carbocycles. The molecule has 1 spiro atoms. The van der Waals surface area contributed by atoms with Gasteiger partial charge in [-0.1, -0.05) is 30.7 Å². The Morgan fingerprint density at radius 3 is 2.70 bits per heavy atom. The molecule has 204 valence electrons. The van der Waals surface area contributed by atoms with Gasteiger partial charge in [0.2, 0.25) is 5.95 Å². The first-order valence-corrected chi connectivity index (χ1v) is 14.9. The minimum Gasteiger partial charge on any atom is -0.380 e. The van der Waals surface area contributed by atoms with E-state index in [9.17, 15) is 8.42 Å². The first-order chi connectivity index (χ1) is 19.3. The molecule has 0 bridgehead atoms. The Morgan fingerprint density at radius 1 is 1.12 bits per heavy atom. The van der Waals surface area contributed by atoms with Crippen LogP contribution in [0, 0.1) is 5.41 Å². The summed E-state index contributed by atoms with van der Waals surface area (Å²) in [7, 11) is -3.96. The first kappa shape index (κ1) is 25.2. The molecule has 4 heterocycles. The predicted octanol–water partition coefficient (Wildman–Crippen LogP) is 4.95. The second-order valence-corrected chi connectivity index (χ2v) is 12.6. The number of hydrogen-bond acceptors (Lipinski definition) is 8. The van der Waals surface area contributed by atoms with Crippen molar-refractivity contribution in [1.29, 1.82) is 0 Å². The molecule has 2 aromatic carbocycles. The fourth-order valence-electron chi connectivity index (χ4n) is 5.68. The molecule has 2 fully saturated rings. The third kappa shape index (κ3) is 4.25. The number of rotatable bonds is 7. The van der Waals surface area contributed by atoms with Crippen LogP contribution in [0.1, 0.15) is 25.3 Å². The van der Waals surface area contributed by atoms with Crippen LogP contribution in [-0.2, 0) is 21.2 Å². The van der Waals surface area contributed by atoms with Crippen LogP contribution in [0.2, 0.25) is 5.02 Å². The van der Waals surface area contributed by atoms with Gasteiger partial charge in [0.05, 0.1) is 29.4 Å². The third-order valence-electron chi connectivity index (χ3n) is 7.76. The Bertz CT molecular complexity index is 1880. The molecule has 0 atom stereocenters. The lowest BCUT2D eigenvalue weighted by atomic mass is 9.64. The lowest BCUT2D eigenvalue weighted by Crippen LogP contribution is -2.56. The largest absolute Gasteiger partial charge is 0.380 e. The predicted molar refractivity (Wildman–Crippen MR) is 153 cm³/mol. The summed E-state index contributed by atoms with van der Waals surface area (Å²) in [4.78, 5) is 13.6. The highest BCUT2D eigenvalue weighted by atomic mass is 35.5. The van der Waals surface area contributed by atoms with Crippen LogP contribution in [0.3, 0.4) is 0 Å². The average Bonchev–Trinajstić information content (AvgIpc) is 3.34. The van der Waals surface area contributed by atoms with Crippen molar-refractivity contribution in [3.05, 3.63) is 71.6 Å². The van der Waals surface area contributed by atoms with Crippen LogP contribution in [0.5, 0.6) is 0 Å². The topological polar surface area (TPSA) is 123 Å². The fraction of sp³-hybridized carbons (Fsp3) is 0.286. The summed E-state index contributed by atoms with van der Waals surface area (Å²) < 4.78 is 35.7. The van der Waals surface area contributed by atoms with Crippen LogP contribution in [0.25, 0.3) is 27.7 Å². The smallest absolute Gasteiger partial charge is 0.264 e. The Labute approximate surface area is 235 Å². The van der Waals surface area contributed by atoms with Crippen molar-refractivity contribution in [2.24, 2.45) is 5.41 Å². The molecule has 40 heavy (non-hydrogen) atoms. The van der Waals surface area contributed by atoms with Gasteiger partial charge in [0.1, 0.15) is 16.7 Å². The standard InChI is InChI=1S/C28H26ClN7O3S/c1-2-17-9-18(10-19-13-30-27(34-25(17)19)33-20-11-28(12-20)14-39-15-28)22-7-8-23-26(31-16-32-36(22)23)35-40(37,38)24-6-4-3-5-21(24)29/h3-10,13,16,20H,2,11-12,14-15H2,1H3,(H,30,33,34)(H,31,32,35). The lowest BCUT2D eigenvalue weighted by Gasteiger charge is -2.53. The summed E-state index contributed by atoms with van der Waals surface area (Å²) in [5.41, 5.74) is 4.58. The molecule has 0 unspecified atom stereocenters. The molecule has 0 radical (unpaired) electrons. The number of aryl methyl sites for hydroxylation is 1. The van der Waals surface area contributed by atoms with Crippen molar-refractivity contribution < 1.29 is 13.2 Å². The van der Waals surface area contributed by atoms with Crippen LogP contribution in [-0.4, -0.2) is 52.2 Å². The summed E-state index contributed by atoms with van der Waals surface area (Å²) in [6.07, 6.45) is 6.14. The maximum absolute atomic E-state index is 13.1. The summed E-state index contributed by atoms with van der Waals surface area (Å²) in [6.45, 7) is 3.82. The van der Waals surface area contributed by atoms with Gasteiger partial charge in [0, 0.05) is 28.6 Å².